The van der Waals surface area contributed by atoms with Crippen LogP contribution in [0.2, 0.25) is 0 Å². The lowest BCUT2D eigenvalue weighted by Crippen LogP contribution is -2.39. The molecule has 116 valence electrons. The molecule has 1 saturated carbocycles. The summed E-state index contributed by atoms with van der Waals surface area (Å²) in [6.07, 6.45) is 3.88. The van der Waals surface area contributed by atoms with Crippen molar-refractivity contribution in [3.8, 4) is 0 Å². The van der Waals surface area contributed by atoms with Crippen molar-refractivity contribution >= 4 is 11.6 Å². The van der Waals surface area contributed by atoms with Gasteiger partial charge in [0, 0.05) is 18.7 Å². The average Bonchev–Trinajstić information content (AvgIpc) is 2.40. The summed E-state index contributed by atoms with van der Waals surface area (Å²) in [4.78, 5) is 12.1. The molecule has 1 fully saturated rings. The minimum Gasteiger partial charge on any atom is -0.383 e. The van der Waals surface area contributed by atoms with Crippen LogP contribution in [0.4, 0.5) is 14.5 Å². The number of anilines is 1. The van der Waals surface area contributed by atoms with Gasteiger partial charge in [0.2, 0.25) is 0 Å². The van der Waals surface area contributed by atoms with Crippen LogP contribution in [-0.2, 0) is 0 Å². The molecule has 0 bridgehead atoms. The van der Waals surface area contributed by atoms with Gasteiger partial charge in [0.15, 0.2) is 0 Å². The molecule has 0 atom stereocenters. The van der Waals surface area contributed by atoms with E-state index in [0.29, 0.717) is 5.41 Å². The van der Waals surface area contributed by atoms with Gasteiger partial charge in [0.1, 0.15) is 17.3 Å². The smallest absolute Gasteiger partial charge is 0.251 e. The number of benzene rings is 1. The van der Waals surface area contributed by atoms with Crippen LogP contribution in [0, 0.1) is 17.0 Å². The Morgan fingerprint density at radius 2 is 1.71 bits per heavy atom. The van der Waals surface area contributed by atoms with Gasteiger partial charge in [-0.3, -0.25) is 4.79 Å². The second-order valence-electron chi connectivity index (χ2n) is 6.48. The third-order valence-electron chi connectivity index (χ3n) is 4.23. The predicted molar refractivity (Wildman–Crippen MR) is 79.4 cm³/mol. The monoisotopic (exact) mass is 296 g/mol. The summed E-state index contributed by atoms with van der Waals surface area (Å²) in [5.74, 6) is -1.93. The SMILES string of the molecule is CNc1c(F)cc(C(=O)NC2CCC(C)(C)CC2)cc1F. The van der Waals surface area contributed by atoms with E-state index in [4.69, 9.17) is 0 Å². The van der Waals surface area contributed by atoms with Gasteiger partial charge >= 0.3 is 0 Å². The van der Waals surface area contributed by atoms with E-state index < -0.39 is 17.5 Å². The lowest BCUT2D eigenvalue weighted by molar-refractivity contribution is 0.0908. The Labute approximate surface area is 124 Å². The molecule has 1 aromatic rings. The maximum absolute atomic E-state index is 13.7. The van der Waals surface area contributed by atoms with Gasteiger partial charge in [-0.05, 0) is 43.2 Å². The number of hydrogen-bond donors (Lipinski definition) is 2. The van der Waals surface area contributed by atoms with E-state index in [1.165, 1.54) is 7.05 Å². The molecule has 0 saturated heterocycles. The van der Waals surface area contributed by atoms with Gasteiger partial charge in [0.25, 0.3) is 5.91 Å². The third-order valence-corrected chi connectivity index (χ3v) is 4.23. The Hall–Kier alpha value is -1.65. The summed E-state index contributed by atoms with van der Waals surface area (Å²) >= 11 is 0. The van der Waals surface area contributed by atoms with Gasteiger partial charge < -0.3 is 10.6 Å². The van der Waals surface area contributed by atoms with Crippen LogP contribution < -0.4 is 10.6 Å². The first kappa shape index (κ1) is 15.7. The van der Waals surface area contributed by atoms with E-state index in [9.17, 15) is 13.6 Å². The highest BCUT2D eigenvalue weighted by molar-refractivity contribution is 5.94. The molecule has 5 heteroatoms. The number of nitrogens with one attached hydrogen (secondary N) is 2. The van der Waals surface area contributed by atoms with E-state index in [0.717, 1.165) is 37.8 Å². The quantitative estimate of drug-likeness (QED) is 0.893. The number of halogens is 2. The number of hydrogen-bond acceptors (Lipinski definition) is 2. The van der Waals surface area contributed by atoms with E-state index in [1.54, 1.807) is 0 Å². The summed E-state index contributed by atoms with van der Waals surface area (Å²) in [7, 11) is 1.44. The maximum atomic E-state index is 13.7. The van der Waals surface area contributed by atoms with Crippen molar-refractivity contribution in [1.82, 2.24) is 5.32 Å². The van der Waals surface area contributed by atoms with Gasteiger partial charge in [-0.2, -0.15) is 0 Å². The van der Waals surface area contributed by atoms with Crippen molar-refractivity contribution in [2.24, 2.45) is 5.41 Å². The second-order valence-corrected chi connectivity index (χ2v) is 6.48. The predicted octanol–water partition coefficient (Wildman–Crippen LogP) is 3.71. The summed E-state index contributed by atoms with van der Waals surface area (Å²) in [6.45, 7) is 4.43. The summed E-state index contributed by atoms with van der Waals surface area (Å²) in [5, 5.41) is 5.31. The first-order valence-corrected chi connectivity index (χ1v) is 7.30. The van der Waals surface area contributed by atoms with Crippen LogP contribution in [0.25, 0.3) is 0 Å². The fraction of sp³-hybridized carbons (Fsp3) is 0.562. The minimum atomic E-state index is -0.757. The third kappa shape index (κ3) is 3.71. The molecule has 0 spiro atoms. The first-order valence-electron chi connectivity index (χ1n) is 7.30. The van der Waals surface area contributed by atoms with Gasteiger partial charge in [-0.15, -0.1) is 0 Å². The van der Waals surface area contributed by atoms with Crippen molar-refractivity contribution in [1.29, 1.82) is 0 Å². The number of carbonyl (C=O) groups excluding carboxylic acids is 1. The van der Waals surface area contributed by atoms with Crippen LogP contribution in [0.1, 0.15) is 49.9 Å². The number of carbonyl (C=O) groups is 1. The molecule has 0 unspecified atom stereocenters. The van der Waals surface area contributed by atoms with E-state index >= 15 is 0 Å². The van der Waals surface area contributed by atoms with Gasteiger partial charge in [-0.1, -0.05) is 13.8 Å². The van der Waals surface area contributed by atoms with Crippen LogP contribution >= 0.6 is 0 Å². The molecule has 21 heavy (non-hydrogen) atoms. The lowest BCUT2D eigenvalue weighted by atomic mass is 9.75. The van der Waals surface area contributed by atoms with Crippen molar-refractivity contribution in [2.45, 2.75) is 45.6 Å². The van der Waals surface area contributed by atoms with Crippen molar-refractivity contribution in [3.05, 3.63) is 29.3 Å². The Bertz CT molecular complexity index is 510. The number of amides is 1. The molecule has 2 rings (SSSR count). The fourth-order valence-corrected chi connectivity index (χ4v) is 2.76. The highest BCUT2D eigenvalue weighted by Gasteiger charge is 2.28. The minimum absolute atomic E-state index is 0.0221. The summed E-state index contributed by atoms with van der Waals surface area (Å²) in [5.41, 5.74) is 0.119. The van der Waals surface area contributed by atoms with Crippen molar-refractivity contribution in [2.75, 3.05) is 12.4 Å². The molecule has 1 aromatic carbocycles. The molecular formula is C16H22F2N2O. The normalized spacial score (nSPS) is 18.3. The molecule has 3 nitrogen and oxygen atoms in total. The molecule has 0 heterocycles. The molecule has 1 amide bonds. The second kappa shape index (κ2) is 6.00. The van der Waals surface area contributed by atoms with E-state index in [1.807, 2.05) is 0 Å². The topological polar surface area (TPSA) is 41.1 Å². The van der Waals surface area contributed by atoms with Gasteiger partial charge in [-0.25, -0.2) is 8.78 Å². The van der Waals surface area contributed by atoms with Crippen LogP contribution in [0.3, 0.4) is 0 Å². The fourth-order valence-electron chi connectivity index (χ4n) is 2.76. The van der Waals surface area contributed by atoms with E-state index in [-0.39, 0.29) is 17.3 Å². The van der Waals surface area contributed by atoms with Crippen LogP contribution in [0.5, 0.6) is 0 Å². The Balaban J connectivity index is 2.04. The Morgan fingerprint density at radius 3 is 2.19 bits per heavy atom. The summed E-state index contributed by atoms with van der Waals surface area (Å²) < 4.78 is 27.3. The summed E-state index contributed by atoms with van der Waals surface area (Å²) in [6, 6.07) is 2.22. The molecular weight excluding hydrogens is 274 g/mol. The molecule has 0 aromatic heterocycles. The van der Waals surface area contributed by atoms with Gasteiger partial charge in [0.05, 0.1) is 0 Å². The average molecular weight is 296 g/mol. The number of rotatable bonds is 3. The lowest BCUT2D eigenvalue weighted by Gasteiger charge is -2.34. The van der Waals surface area contributed by atoms with Crippen LogP contribution in [-0.4, -0.2) is 19.0 Å². The zero-order chi connectivity index (χ0) is 15.6. The first-order chi connectivity index (χ1) is 9.82. The molecule has 1 aliphatic carbocycles. The zero-order valence-corrected chi connectivity index (χ0v) is 12.7. The largest absolute Gasteiger partial charge is 0.383 e. The van der Waals surface area contributed by atoms with Crippen molar-refractivity contribution in [3.63, 3.8) is 0 Å². The maximum Gasteiger partial charge on any atom is 0.251 e. The zero-order valence-electron chi connectivity index (χ0n) is 12.7. The molecule has 0 aliphatic heterocycles. The highest BCUT2D eigenvalue weighted by Crippen LogP contribution is 2.35. The molecule has 2 N–H and O–H groups in total. The standard InChI is InChI=1S/C16H22F2N2O/c1-16(2)6-4-11(5-7-16)20-15(21)10-8-12(17)14(19-3)13(18)9-10/h8-9,11,19H,4-7H2,1-3H3,(H,20,21). The highest BCUT2D eigenvalue weighted by atomic mass is 19.1. The molecule has 0 radical (unpaired) electrons. The Kier molecular flexibility index (Phi) is 4.49. The van der Waals surface area contributed by atoms with Crippen molar-refractivity contribution < 1.29 is 13.6 Å². The Morgan fingerprint density at radius 1 is 1.19 bits per heavy atom. The molecule has 1 aliphatic rings. The van der Waals surface area contributed by atoms with E-state index in [2.05, 4.69) is 24.5 Å². The van der Waals surface area contributed by atoms with Crippen LogP contribution in [0.15, 0.2) is 12.1 Å².